The number of pyridine rings is 1. The predicted octanol–water partition coefficient (Wildman–Crippen LogP) is 4.42. The molecule has 0 amide bonds. The number of rotatable bonds is 4. The highest BCUT2D eigenvalue weighted by atomic mass is 35.5. The number of benzene rings is 1. The van der Waals surface area contributed by atoms with Gasteiger partial charge in [-0.25, -0.2) is 0 Å². The maximum Gasteiger partial charge on any atom is 0.132 e. The van der Waals surface area contributed by atoms with Crippen molar-refractivity contribution in [2.75, 3.05) is 12.8 Å². The van der Waals surface area contributed by atoms with Gasteiger partial charge in [-0.15, -0.1) is 0 Å². The highest BCUT2D eigenvalue weighted by Crippen LogP contribution is 2.42. The van der Waals surface area contributed by atoms with Gasteiger partial charge >= 0.3 is 0 Å². The van der Waals surface area contributed by atoms with Gasteiger partial charge in [0.25, 0.3) is 0 Å². The minimum absolute atomic E-state index is 0.0329. The number of anilines is 1. The number of hydrogen-bond acceptors (Lipinski definition) is 4. The van der Waals surface area contributed by atoms with Gasteiger partial charge in [0.2, 0.25) is 0 Å². The first kappa shape index (κ1) is 17.3. The lowest BCUT2D eigenvalue weighted by Crippen LogP contribution is -2.10. The van der Waals surface area contributed by atoms with Gasteiger partial charge in [-0.1, -0.05) is 11.6 Å². The standard InChI is InChI=1S/C19H21ClN4O/c1-11-5-6-24(23-11)13(3)16-8-17(20)12(2)18(19(16)25-4)14-7-15(21)10-22-9-14/h5-10,13H,21H2,1-4H3. The summed E-state index contributed by atoms with van der Waals surface area (Å²) in [6, 6.07) is 5.76. The summed E-state index contributed by atoms with van der Waals surface area (Å²) in [5, 5.41) is 5.19. The second-order valence-corrected chi connectivity index (χ2v) is 6.51. The Bertz CT molecular complexity index is 920. The number of nitrogens with two attached hydrogens (primary N) is 1. The van der Waals surface area contributed by atoms with Crippen molar-refractivity contribution in [2.24, 2.45) is 0 Å². The molecule has 25 heavy (non-hydrogen) atoms. The first-order valence-corrected chi connectivity index (χ1v) is 8.39. The van der Waals surface area contributed by atoms with Crippen LogP contribution in [0.3, 0.4) is 0 Å². The Morgan fingerprint density at radius 3 is 2.60 bits per heavy atom. The van der Waals surface area contributed by atoms with E-state index in [0.29, 0.717) is 10.7 Å². The molecule has 1 aromatic carbocycles. The third-order valence-corrected chi connectivity index (χ3v) is 4.74. The lowest BCUT2D eigenvalue weighted by atomic mass is 9.94. The molecule has 1 atom stereocenters. The summed E-state index contributed by atoms with van der Waals surface area (Å²) >= 11 is 6.54. The summed E-state index contributed by atoms with van der Waals surface area (Å²) in [7, 11) is 1.66. The van der Waals surface area contributed by atoms with Crippen LogP contribution in [-0.2, 0) is 0 Å². The minimum atomic E-state index is -0.0329. The van der Waals surface area contributed by atoms with Crippen molar-refractivity contribution >= 4 is 17.3 Å². The van der Waals surface area contributed by atoms with E-state index in [2.05, 4.69) is 17.0 Å². The molecular weight excluding hydrogens is 336 g/mol. The zero-order chi connectivity index (χ0) is 18.1. The molecule has 0 saturated heterocycles. The van der Waals surface area contributed by atoms with Gasteiger partial charge in [-0.05, 0) is 44.5 Å². The molecule has 2 N–H and O–H groups in total. The van der Waals surface area contributed by atoms with Crippen molar-refractivity contribution in [3.63, 3.8) is 0 Å². The number of nitrogens with zero attached hydrogens (tertiary/aromatic N) is 3. The van der Waals surface area contributed by atoms with Crippen molar-refractivity contribution in [3.8, 4) is 16.9 Å². The quantitative estimate of drug-likeness (QED) is 0.751. The predicted molar refractivity (Wildman–Crippen MR) is 101 cm³/mol. The molecule has 0 aliphatic heterocycles. The molecule has 2 heterocycles. The van der Waals surface area contributed by atoms with Crippen LogP contribution in [0.1, 0.15) is 29.8 Å². The molecule has 0 aliphatic rings. The first-order chi connectivity index (χ1) is 11.9. The van der Waals surface area contributed by atoms with E-state index in [9.17, 15) is 0 Å². The molecule has 6 heteroatoms. The molecule has 0 fully saturated rings. The Kier molecular flexibility index (Phi) is 4.68. The van der Waals surface area contributed by atoms with E-state index < -0.39 is 0 Å². The number of aromatic nitrogens is 3. The molecule has 130 valence electrons. The zero-order valence-corrected chi connectivity index (χ0v) is 15.5. The molecule has 0 radical (unpaired) electrons. The van der Waals surface area contributed by atoms with E-state index in [1.165, 1.54) is 0 Å². The fourth-order valence-corrected chi connectivity index (χ4v) is 3.22. The van der Waals surface area contributed by atoms with Crippen LogP contribution >= 0.6 is 11.6 Å². The van der Waals surface area contributed by atoms with Crippen LogP contribution in [0.2, 0.25) is 5.02 Å². The highest BCUT2D eigenvalue weighted by Gasteiger charge is 2.22. The van der Waals surface area contributed by atoms with Gasteiger partial charge in [0.15, 0.2) is 0 Å². The number of aryl methyl sites for hydroxylation is 1. The van der Waals surface area contributed by atoms with Crippen molar-refractivity contribution in [2.45, 2.75) is 26.8 Å². The maximum absolute atomic E-state index is 6.54. The van der Waals surface area contributed by atoms with Crippen molar-refractivity contribution in [3.05, 3.63) is 58.6 Å². The summed E-state index contributed by atoms with van der Waals surface area (Å²) in [6.45, 7) is 6.00. The summed E-state index contributed by atoms with van der Waals surface area (Å²) in [5.41, 5.74) is 11.1. The molecule has 0 bridgehead atoms. The van der Waals surface area contributed by atoms with Crippen LogP contribution in [0.4, 0.5) is 5.69 Å². The fourth-order valence-electron chi connectivity index (χ4n) is 3.01. The van der Waals surface area contributed by atoms with Crippen molar-refractivity contribution in [1.29, 1.82) is 0 Å². The van der Waals surface area contributed by atoms with Gasteiger partial charge in [0.1, 0.15) is 5.75 Å². The third-order valence-electron chi connectivity index (χ3n) is 4.35. The van der Waals surface area contributed by atoms with Crippen LogP contribution < -0.4 is 10.5 Å². The Hall–Kier alpha value is -2.53. The largest absolute Gasteiger partial charge is 0.496 e. The van der Waals surface area contributed by atoms with Gasteiger partial charge in [-0.3, -0.25) is 9.67 Å². The Balaban J connectivity index is 2.24. The smallest absolute Gasteiger partial charge is 0.132 e. The monoisotopic (exact) mass is 356 g/mol. The van der Waals surface area contributed by atoms with Gasteiger partial charge < -0.3 is 10.5 Å². The Morgan fingerprint density at radius 2 is 2.00 bits per heavy atom. The van der Waals surface area contributed by atoms with Crippen LogP contribution in [0.5, 0.6) is 5.75 Å². The number of nitrogen functional groups attached to an aromatic ring is 1. The van der Waals surface area contributed by atoms with E-state index in [1.807, 2.05) is 42.9 Å². The van der Waals surface area contributed by atoms with Gasteiger partial charge in [0.05, 0.1) is 24.5 Å². The Morgan fingerprint density at radius 1 is 1.24 bits per heavy atom. The lowest BCUT2D eigenvalue weighted by molar-refractivity contribution is 0.402. The summed E-state index contributed by atoms with van der Waals surface area (Å²) in [6.07, 6.45) is 5.34. The zero-order valence-electron chi connectivity index (χ0n) is 14.7. The number of halogens is 1. The van der Waals surface area contributed by atoms with Crippen molar-refractivity contribution < 1.29 is 4.74 Å². The Labute approximate surface area is 152 Å². The second-order valence-electron chi connectivity index (χ2n) is 6.10. The highest BCUT2D eigenvalue weighted by molar-refractivity contribution is 6.32. The number of hydrogen-bond donors (Lipinski definition) is 1. The van der Waals surface area contributed by atoms with Crippen LogP contribution in [-0.4, -0.2) is 21.9 Å². The molecule has 1 unspecified atom stereocenters. The SMILES string of the molecule is COc1c(C(C)n2ccc(C)n2)cc(Cl)c(C)c1-c1cncc(N)c1. The molecular formula is C19H21ClN4O. The molecule has 5 nitrogen and oxygen atoms in total. The first-order valence-electron chi connectivity index (χ1n) is 8.02. The average molecular weight is 357 g/mol. The van der Waals surface area contributed by atoms with Crippen LogP contribution in [0, 0.1) is 13.8 Å². The van der Waals surface area contributed by atoms with Gasteiger partial charge in [0, 0.05) is 40.3 Å². The molecule has 2 aromatic heterocycles. The number of ether oxygens (including phenoxy) is 1. The molecule has 3 aromatic rings. The second kappa shape index (κ2) is 6.76. The van der Waals surface area contributed by atoms with E-state index in [-0.39, 0.29) is 6.04 Å². The minimum Gasteiger partial charge on any atom is -0.496 e. The molecule has 0 aliphatic carbocycles. The number of methoxy groups -OCH3 is 1. The maximum atomic E-state index is 6.54. The molecule has 0 spiro atoms. The van der Waals surface area contributed by atoms with Crippen LogP contribution in [0.15, 0.2) is 36.8 Å². The summed E-state index contributed by atoms with van der Waals surface area (Å²) in [4.78, 5) is 4.20. The van der Waals surface area contributed by atoms with Crippen molar-refractivity contribution in [1.82, 2.24) is 14.8 Å². The van der Waals surface area contributed by atoms with Gasteiger partial charge in [-0.2, -0.15) is 5.10 Å². The summed E-state index contributed by atoms with van der Waals surface area (Å²) < 4.78 is 7.69. The van der Waals surface area contributed by atoms with E-state index >= 15 is 0 Å². The fraction of sp³-hybridized carbons (Fsp3) is 0.263. The topological polar surface area (TPSA) is 66.0 Å². The van der Waals surface area contributed by atoms with E-state index in [1.54, 1.807) is 19.5 Å². The molecule has 3 rings (SSSR count). The lowest BCUT2D eigenvalue weighted by Gasteiger charge is -2.22. The third kappa shape index (κ3) is 3.20. The average Bonchev–Trinajstić information content (AvgIpc) is 3.02. The van der Waals surface area contributed by atoms with E-state index in [0.717, 1.165) is 33.7 Å². The molecule has 0 saturated carbocycles. The normalized spacial score (nSPS) is 12.2. The van der Waals surface area contributed by atoms with Crippen LogP contribution in [0.25, 0.3) is 11.1 Å². The van der Waals surface area contributed by atoms with E-state index in [4.69, 9.17) is 22.1 Å². The summed E-state index contributed by atoms with van der Waals surface area (Å²) in [5.74, 6) is 0.759.